The van der Waals surface area contributed by atoms with Crippen LogP contribution in [-0.2, 0) is 0 Å². The van der Waals surface area contributed by atoms with E-state index < -0.39 is 0 Å². The summed E-state index contributed by atoms with van der Waals surface area (Å²) in [6.07, 6.45) is 7.11. The molecule has 0 amide bonds. The van der Waals surface area contributed by atoms with Gasteiger partial charge in [-0.25, -0.2) is 0 Å². The molecule has 3 heteroatoms. The molecule has 0 saturated carbocycles. The molecule has 1 saturated heterocycles. The van der Waals surface area contributed by atoms with Gasteiger partial charge in [0.25, 0.3) is 0 Å². The molecule has 1 aromatic carbocycles. The molecule has 112 valence electrons. The largest absolute Gasteiger partial charge is 0.367 e. The van der Waals surface area contributed by atoms with Crippen LogP contribution in [0.25, 0.3) is 0 Å². The third-order valence-corrected chi connectivity index (χ3v) is 6.31. The van der Waals surface area contributed by atoms with Crippen LogP contribution in [0.15, 0.2) is 35.2 Å². The van der Waals surface area contributed by atoms with Crippen molar-refractivity contribution in [1.82, 2.24) is 4.90 Å². The van der Waals surface area contributed by atoms with Crippen LogP contribution in [-0.4, -0.2) is 42.9 Å². The van der Waals surface area contributed by atoms with Crippen LogP contribution in [0.1, 0.15) is 31.2 Å². The average molecular weight is 300 g/mol. The minimum atomic E-state index is 0.720. The normalized spacial score (nSPS) is 28.5. The maximum absolute atomic E-state index is 2.75. The highest BCUT2D eigenvalue weighted by Gasteiger charge is 2.42. The van der Waals surface area contributed by atoms with Gasteiger partial charge in [0.15, 0.2) is 0 Å². The van der Waals surface area contributed by atoms with E-state index in [9.17, 15) is 0 Å². The fourth-order valence-corrected chi connectivity index (χ4v) is 5.27. The molecular weight excluding hydrogens is 276 g/mol. The number of anilines is 1. The zero-order valence-electron chi connectivity index (χ0n) is 12.8. The van der Waals surface area contributed by atoms with Crippen molar-refractivity contribution in [2.24, 2.45) is 0 Å². The molecule has 3 aliphatic heterocycles. The van der Waals surface area contributed by atoms with E-state index in [2.05, 4.69) is 58.8 Å². The average Bonchev–Trinajstić information content (AvgIpc) is 2.68. The van der Waals surface area contributed by atoms with Gasteiger partial charge in [-0.3, -0.25) is 4.90 Å². The van der Waals surface area contributed by atoms with Crippen LogP contribution in [0.4, 0.5) is 5.69 Å². The van der Waals surface area contributed by atoms with E-state index in [0.717, 1.165) is 18.5 Å². The summed E-state index contributed by atoms with van der Waals surface area (Å²) in [4.78, 5) is 6.90. The lowest BCUT2D eigenvalue weighted by molar-refractivity contribution is 0.211. The molecule has 0 spiro atoms. The van der Waals surface area contributed by atoms with Gasteiger partial charge in [0, 0.05) is 43.0 Å². The zero-order chi connectivity index (χ0) is 14.2. The van der Waals surface area contributed by atoms with Crippen molar-refractivity contribution in [3.05, 3.63) is 35.9 Å². The molecule has 0 aromatic heterocycles. The van der Waals surface area contributed by atoms with E-state index in [1.165, 1.54) is 43.1 Å². The lowest BCUT2D eigenvalue weighted by atomic mass is 9.89. The van der Waals surface area contributed by atoms with E-state index in [0.29, 0.717) is 0 Å². The van der Waals surface area contributed by atoms with Crippen molar-refractivity contribution in [3.8, 4) is 0 Å². The van der Waals surface area contributed by atoms with E-state index in [1.807, 2.05) is 0 Å². The molecule has 0 aliphatic carbocycles. The number of hydrogen-bond donors (Lipinski definition) is 0. The molecule has 2 atom stereocenters. The van der Waals surface area contributed by atoms with Gasteiger partial charge in [-0.15, -0.1) is 11.8 Å². The highest BCUT2D eigenvalue weighted by Crippen LogP contribution is 2.50. The van der Waals surface area contributed by atoms with Crippen molar-refractivity contribution in [3.63, 3.8) is 0 Å². The first-order chi connectivity index (χ1) is 10.4. The van der Waals surface area contributed by atoms with Crippen molar-refractivity contribution < 1.29 is 0 Å². The number of thioether (sulfide) groups is 1. The molecule has 0 bridgehead atoms. The van der Waals surface area contributed by atoms with Crippen LogP contribution < -0.4 is 4.90 Å². The molecule has 2 nitrogen and oxygen atoms in total. The maximum Gasteiger partial charge on any atom is 0.0543 e. The predicted octanol–water partition coefficient (Wildman–Crippen LogP) is 3.74. The lowest BCUT2D eigenvalue weighted by Gasteiger charge is -2.38. The number of allylic oxidation sites excluding steroid dienone is 1. The first-order valence-corrected chi connectivity index (χ1v) is 9.23. The number of rotatable bonds is 2. The Labute approximate surface area is 132 Å². The topological polar surface area (TPSA) is 6.48 Å². The Bertz CT molecular complexity index is 554. The fraction of sp³-hybridized carbons (Fsp3) is 0.556. The first kappa shape index (κ1) is 13.7. The highest BCUT2D eigenvalue weighted by atomic mass is 32.2. The Morgan fingerprint density at radius 1 is 1.33 bits per heavy atom. The smallest absolute Gasteiger partial charge is 0.0543 e. The number of hydrogen-bond acceptors (Lipinski definition) is 3. The molecule has 2 unspecified atom stereocenters. The Hall–Kier alpha value is -0.930. The first-order valence-electron chi connectivity index (χ1n) is 8.24. The highest BCUT2D eigenvalue weighted by molar-refractivity contribution is 7.99. The fourth-order valence-electron chi connectivity index (χ4n) is 4.23. The third kappa shape index (κ3) is 2.31. The van der Waals surface area contributed by atoms with E-state index in [4.69, 9.17) is 0 Å². The van der Waals surface area contributed by atoms with Crippen LogP contribution in [0.3, 0.4) is 0 Å². The molecule has 0 radical (unpaired) electrons. The molecule has 21 heavy (non-hydrogen) atoms. The van der Waals surface area contributed by atoms with Crippen molar-refractivity contribution in [2.75, 3.05) is 36.8 Å². The second-order valence-corrected chi connectivity index (χ2v) is 7.52. The predicted molar refractivity (Wildman–Crippen MR) is 91.5 cm³/mol. The summed E-state index contributed by atoms with van der Waals surface area (Å²) in [5, 5.41) is 0. The summed E-state index contributed by atoms with van der Waals surface area (Å²) in [5.74, 6) is 2.00. The number of piperidine rings is 1. The quantitative estimate of drug-likeness (QED) is 0.768. The Kier molecular flexibility index (Phi) is 3.72. The van der Waals surface area contributed by atoms with Gasteiger partial charge >= 0.3 is 0 Å². The van der Waals surface area contributed by atoms with Crippen molar-refractivity contribution in [1.29, 1.82) is 0 Å². The van der Waals surface area contributed by atoms with Gasteiger partial charge in [-0.05, 0) is 37.1 Å². The number of likely N-dealkylation sites (tertiary alicyclic amines) is 1. The summed E-state index contributed by atoms with van der Waals surface area (Å²) in [7, 11) is 0. The lowest BCUT2D eigenvalue weighted by Crippen LogP contribution is -2.46. The van der Waals surface area contributed by atoms with E-state index in [1.54, 1.807) is 11.3 Å². The minimum Gasteiger partial charge on any atom is -0.367 e. The van der Waals surface area contributed by atoms with E-state index in [-0.39, 0.29) is 0 Å². The maximum atomic E-state index is 2.75. The van der Waals surface area contributed by atoms with Gasteiger partial charge in [0.1, 0.15) is 0 Å². The molecule has 4 rings (SSSR count). The van der Waals surface area contributed by atoms with Gasteiger partial charge in [0.05, 0.1) is 5.69 Å². The molecular formula is C18H24N2S. The number of nitrogens with zero attached hydrogens (tertiary/aromatic N) is 2. The third-order valence-electron chi connectivity index (χ3n) is 5.18. The molecule has 1 fully saturated rings. The van der Waals surface area contributed by atoms with Crippen LogP contribution >= 0.6 is 11.8 Å². The SMILES string of the molecule is CC=CCN1CCC2C(C1)c1cccc3c1N2CCCS3. The Balaban J connectivity index is 1.67. The van der Waals surface area contributed by atoms with Crippen molar-refractivity contribution in [2.45, 2.75) is 36.6 Å². The Morgan fingerprint density at radius 2 is 2.29 bits per heavy atom. The summed E-state index contributed by atoms with van der Waals surface area (Å²) >= 11 is 2.06. The second-order valence-electron chi connectivity index (χ2n) is 6.38. The summed E-state index contributed by atoms with van der Waals surface area (Å²) in [6, 6.07) is 7.75. The summed E-state index contributed by atoms with van der Waals surface area (Å²) in [5.41, 5.74) is 3.21. The minimum absolute atomic E-state index is 0.720. The zero-order valence-corrected chi connectivity index (χ0v) is 13.6. The van der Waals surface area contributed by atoms with Crippen LogP contribution in [0, 0.1) is 0 Å². The number of para-hydroxylation sites is 1. The van der Waals surface area contributed by atoms with E-state index >= 15 is 0 Å². The number of fused-ring (bicyclic) bond motifs is 3. The summed E-state index contributed by atoms with van der Waals surface area (Å²) < 4.78 is 0. The second kappa shape index (κ2) is 5.69. The monoisotopic (exact) mass is 300 g/mol. The molecule has 0 N–H and O–H groups in total. The van der Waals surface area contributed by atoms with Crippen LogP contribution in [0.5, 0.6) is 0 Å². The van der Waals surface area contributed by atoms with Crippen molar-refractivity contribution >= 4 is 17.4 Å². The van der Waals surface area contributed by atoms with Crippen LogP contribution in [0.2, 0.25) is 0 Å². The standard InChI is InChI=1S/C18H24N2S/c1-2-3-9-19-11-8-16-15(13-19)14-6-4-7-17-18(14)20(16)10-5-12-21-17/h2-4,6-7,15-16H,5,8-13H2,1H3. The summed E-state index contributed by atoms with van der Waals surface area (Å²) in [6.45, 7) is 6.97. The van der Waals surface area contributed by atoms with Gasteiger partial charge < -0.3 is 4.90 Å². The molecule has 3 heterocycles. The van der Waals surface area contributed by atoms with Gasteiger partial charge in [-0.1, -0.05) is 24.3 Å². The van der Waals surface area contributed by atoms with Gasteiger partial charge in [0.2, 0.25) is 0 Å². The van der Waals surface area contributed by atoms with Gasteiger partial charge in [-0.2, -0.15) is 0 Å². The Morgan fingerprint density at radius 3 is 3.19 bits per heavy atom. The molecule has 3 aliphatic rings. The molecule has 1 aromatic rings. The number of benzene rings is 1.